The van der Waals surface area contributed by atoms with Gasteiger partial charge in [0.05, 0.1) is 5.69 Å². The number of benzene rings is 2. The number of fused-ring (bicyclic) bond motifs is 6. The molecule has 3 aromatic heterocycles. The number of aromatic nitrogens is 2. The molecule has 0 amide bonds. The van der Waals surface area contributed by atoms with Crippen molar-refractivity contribution in [3.63, 3.8) is 0 Å². The van der Waals surface area contributed by atoms with Crippen molar-refractivity contribution in [1.82, 2.24) is 9.38 Å². The average molecular weight is 356 g/mol. The second-order valence-electron chi connectivity index (χ2n) is 7.22. The minimum Gasteiger partial charge on any atom is -0.290 e. The Morgan fingerprint density at radius 2 is 1.69 bits per heavy atom. The molecule has 5 rings (SSSR count). The molecule has 0 fully saturated rings. The molecule has 26 heavy (non-hydrogen) atoms. The van der Waals surface area contributed by atoms with Crippen molar-refractivity contribution in [3.8, 4) is 11.1 Å². The quantitative estimate of drug-likeness (QED) is 0.330. The molecule has 0 atom stereocenters. The number of aryl methyl sites for hydroxylation is 4. The van der Waals surface area contributed by atoms with Gasteiger partial charge in [0.25, 0.3) is 0 Å². The normalized spacial score (nSPS) is 11.8. The van der Waals surface area contributed by atoms with Crippen molar-refractivity contribution in [2.75, 3.05) is 0 Å². The highest BCUT2D eigenvalue weighted by Crippen LogP contribution is 2.40. The molecule has 0 bridgehead atoms. The Hall–Kier alpha value is -2.65. The first-order chi connectivity index (χ1) is 12.5. The Bertz CT molecular complexity index is 1300. The van der Waals surface area contributed by atoms with E-state index in [1.165, 1.54) is 48.8 Å². The molecule has 0 saturated carbocycles. The third kappa shape index (κ3) is 2.07. The van der Waals surface area contributed by atoms with Crippen LogP contribution in [0.4, 0.5) is 0 Å². The maximum absolute atomic E-state index is 4.83. The van der Waals surface area contributed by atoms with Crippen molar-refractivity contribution in [3.05, 3.63) is 70.4 Å². The zero-order chi connectivity index (χ0) is 18.0. The van der Waals surface area contributed by atoms with Gasteiger partial charge in [-0.05, 0) is 61.4 Å². The van der Waals surface area contributed by atoms with E-state index in [4.69, 9.17) is 4.98 Å². The van der Waals surface area contributed by atoms with Crippen LogP contribution in [0.2, 0.25) is 0 Å². The van der Waals surface area contributed by atoms with Crippen molar-refractivity contribution in [2.45, 2.75) is 27.7 Å². The van der Waals surface area contributed by atoms with Crippen LogP contribution in [0.3, 0.4) is 0 Å². The van der Waals surface area contributed by atoms with Crippen LogP contribution in [0.15, 0.2) is 48.0 Å². The largest absolute Gasteiger partial charge is 0.290 e. The van der Waals surface area contributed by atoms with Gasteiger partial charge in [-0.15, -0.1) is 11.3 Å². The molecule has 0 aliphatic heterocycles. The van der Waals surface area contributed by atoms with E-state index in [1.54, 1.807) is 11.3 Å². The average Bonchev–Trinajstić information content (AvgIpc) is 3.20. The van der Waals surface area contributed by atoms with Gasteiger partial charge in [-0.1, -0.05) is 35.9 Å². The minimum atomic E-state index is 1.05. The van der Waals surface area contributed by atoms with Crippen molar-refractivity contribution in [2.24, 2.45) is 0 Å². The molecule has 3 heteroatoms. The lowest BCUT2D eigenvalue weighted by molar-refractivity contribution is 1.28. The van der Waals surface area contributed by atoms with E-state index in [2.05, 4.69) is 80.1 Å². The van der Waals surface area contributed by atoms with Gasteiger partial charge < -0.3 is 0 Å². The maximum Gasteiger partial charge on any atom is 0.146 e. The number of rotatable bonds is 1. The lowest BCUT2D eigenvalue weighted by Gasteiger charge is -2.15. The van der Waals surface area contributed by atoms with Gasteiger partial charge in [0.2, 0.25) is 0 Å². The lowest BCUT2D eigenvalue weighted by Crippen LogP contribution is -1.94. The molecule has 0 N–H and O–H groups in total. The zero-order valence-electron chi connectivity index (χ0n) is 15.4. The maximum atomic E-state index is 4.83. The van der Waals surface area contributed by atoms with Crippen LogP contribution in [0.5, 0.6) is 0 Å². The van der Waals surface area contributed by atoms with Crippen LogP contribution < -0.4 is 0 Å². The smallest absolute Gasteiger partial charge is 0.146 e. The van der Waals surface area contributed by atoms with E-state index in [0.717, 1.165) is 11.3 Å². The molecule has 128 valence electrons. The molecule has 0 radical (unpaired) electrons. The predicted octanol–water partition coefficient (Wildman–Crippen LogP) is 6.60. The summed E-state index contributed by atoms with van der Waals surface area (Å²) in [7, 11) is 0. The van der Waals surface area contributed by atoms with Crippen molar-refractivity contribution < 1.29 is 0 Å². The van der Waals surface area contributed by atoms with Gasteiger partial charge in [0, 0.05) is 22.4 Å². The predicted molar refractivity (Wildman–Crippen MR) is 112 cm³/mol. The van der Waals surface area contributed by atoms with Crippen molar-refractivity contribution in [1.29, 1.82) is 0 Å². The summed E-state index contributed by atoms with van der Waals surface area (Å²) in [6, 6.07) is 13.4. The van der Waals surface area contributed by atoms with Gasteiger partial charge in [-0.2, -0.15) is 0 Å². The van der Waals surface area contributed by atoms with E-state index in [-0.39, 0.29) is 0 Å². The first-order valence-electron chi connectivity index (χ1n) is 8.90. The summed E-state index contributed by atoms with van der Waals surface area (Å²) >= 11 is 1.78. The topological polar surface area (TPSA) is 17.3 Å². The summed E-state index contributed by atoms with van der Waals surface area (Å²) in [4.78, 5) is 6.10. The van der Waals surface area contributed by atoms with E-state index < -0.39 is 0 Å². The monoisotopic (exact) mass is 356 g/mol. The number of pyridine rings is 1. The summed E-state index contributed by atoms with van der Waals surface area (Å²) in [5, 5.41) is 6.03. The zero-order valence-corrected chi connectivity index (χ0v) is 16.2. The van der Waals surface area contributed by atoms with Gasteiger partial charge in [0.1, 0.15) is 10.5 Å². The van der Waals surface area contributed by atoms with Crippen LogP contribution in [0.1, 0.15) is 22.4 Å². The van der Waals surface area contributed by atoms with Gasteiger partial charge >= 0.3 is 0 Å². The summed E-state index contributed by atoms with van der Waals surface area (Å²) < 4.78 is 2.25. The Morgan fingerprint density at radius 1 is 0.923 bits per heavy atom. The molecule has 3 heterocycles. The van der Waals surface area contributed by atoms with Gasteiger partial charge in [0.15, 0.2) is 0 Å². The molecule has 5 aromatic rings. The highest BCUT2D eigenvalue weighted by atomic mass is 32.1. The van der Waals surface area contributed by atoms with Gasteiger partial charge in [-0.25, -0.2) is 4.98 Å². The molecule has 0 aliphatic carbocycles. The summed E-state index contributed by atoms with van der Waals surface area (Å²) in [5.74, 6) is 0. The fourth-order valence-corrected chi connectivity index (χ4v) is 5.25. The number of thiophene rings is 1. The van der Waals surface area contributed by atoms with E-state index >= 15 is 0 Å². The highest BCUT2D eigenvalue weighted by molar-refractivity contribution is 7.17. The number of hydrogen-bond acceptors (Lipinski definition) is 2. The number of hydrogen-bond donors (Lipinski definition) is 0. The third-order valence-electron chi connectivity index (χ3n) is 5.21. The highest BCUT2D eigenvalue weighted by Gasteiger charge is 2.17. The lowest BCUT2D eigenvalue weighted by atomic mass is 9.90. The molecule has 0 unspecified atom stereocenters. The Balaban J connectivity index is 2.04. The van der Waals surface area contributed by atoms with Crippen LogP contribution in [-0.4, -0.2) is 9.38 Å². The van der Waals surface area contributed by atoms with Crippen LogP contribution in [-0.2, 0) is 0 Å². The summed E-state index contributed by atoms with van der Waals surface area (Å²) in [6.07, 6.45) is 2.14. The third-order valence-corrected chi connectivity index (χ3v) is 6.12. The fourth-order valence-electron chi connectivity index (χ4n) is 4.36. The Labute approximate surface area is 156 Å². The molecule has 0 spiro atoms. The molecule has 0 saturated heterocycles. The second kappa shape index (κ2) is 5.42. The Morgan fingerprint density at radius 3 is 2.46 bits per heavy atom. The number of imidazole rings is 1. The van der Waals surface area contributed by atoms with E-state index in [9.17, 15) is 0 Å². The van der Waals surface area contributed by atoms with Crippen molar-refractivity contribution >= 4 is 38.0 Å². The second-order valence-corrected chi connectivity index (χ2v) is 8.11. The van der Waals surface area contributed by atoms with Gasteiger partial charge in [-0.3, -0.25) is 4.40 Å². The first kappa shape index (κ1) is 15.6. The first-order valence-corrected chi connectivity index (χ1v) is 9.78. The Kier molecular flexibility index (Phi) is 3.25. The standard InChI is InChI=1S/C23H20N2S/c1-13-10-14(2)20(15(3)11-13)17-6-5-7-18-21(17)19-8-9-26-23(19)25-12-16(4)24-22(18)25/h5-12H,1-4H3. The van der Waals surface area contributed by atoms with Crippen LogP contribution in [0, 0.1) is 27.7 Å². The van der Waals surface area contributed by atoms with E-state index in [0.29, 0.717) is 0 Å². The van der Waals surface area contributed by atoms with Crippen LogP contribution in [0.25, 0.3) is 37.8 Å². The molecular formula is C23H20N2S. The molecule has 2 aromatic carbocycles. The number of nitrogens with zero attached hydrogens (tertiary/aromatic N) is 2. The fraction of sp³-hybridized carbons (Fsp3) is 0.174. The summed E-state index contributed by atoms with van der Waals surface area (Å²) in [5.41, 5.74) is 8.74. The van der Waals surface area contributed by atoms with E-state index in [1.807, 2.05) is 0 Å². The molecule has 2 nitrogen and oxygen atoms in total. The molecular weight excluding hydrogens is 336 g/mol. The molecule has 0 aliphatic rings. The van der Waals surface area contributed by atoms with Crippen LogP contribution >= 0.6 is 11.3 Å². The SMILES string of the molecule is Cc1cc(C)c(-c2cccc3c2c2ccsc2n2cc(C)nc32)c(C)c1. The minimum absolute atomic E-state index is 1.05. The summed E-state index contributed by atoms with van der Waals surface area (Å²) in [6.45, 7) is 8.67.